The van der Waals surface area contributed by atoms with Crippen molar-refractivity contribution >= 4 is 11.8 Å². The quantitative estimate of drug-likeness (QED) is 0.600. The summed E-state index contributed by atoms with van der Waals surface area (Å²) in [6.45, 7) is 0. The fourth-order valence-corrected chi connectivity index (χ4v) is 2.57. The predicted octanol–water partition coefficient (Wildman–Crippen LogP) is 2.40. The van der Waals surface area contributed by atoms with E-state index in [2.05, 4.69) is 22.2 Å². The first kappa shape index (κ1) is 14.0. The molecule has 2 aromatic rings. The van der Waals surface area contributed by atoms with Gasteiger partial charge in [0.1, 0.15) is 12.2 Å². The summed E-state index contributed by atoms with van der Waals surface area (Å²) in [5, 5.41) is 4.05. The maximum absolute atomic E-state index is 5.21. The van der Waals surface area contributed by atoms with Gasteiger partial charge in [-0.25, -0.2) is 4.98 Å². The molecular weight excluding hydrogens is 262 g/mol. The molecule has 19 heavy (non-hydrogen) atoms. The van der Waals surface area contributed by atoms with E-state index in [1.54, 1.807) is 37.0 Å². The second-order valence-corrected chi connectivity index (χ2v) is 5.01. The number of hydrogen-bond donors (Lipinski definition) is 0. The molecule has 1 aromatic carbocycles. The van der Waals surface area contributed by atoms with E-state index in [9.17, 15) is 0 Å². The third-order valence-corrected chi connectivity index (χ3v) is 3.76. The highest BCUT2D eigenvalue weighted by Crippen LogP contribution is 2.24. The van der Waals surface area contributed by atoms with Gasteiger partial charge in [-0.05, 0) is 12.1 Å². The van der Waals surface area contributed by atoms with Crippen molar-refractivity contribution < 1.29 is 9.47 Å². The summed E-state index contributed by atoms with van der Waals surface area (Å²) in [6, 6.07) is 8.14. The van der Waals surface area contributed by atoms with Crippen molar-refractivity contribution in [1.82, 2.24) is 14.8 Å². The molecule has 0 aliphatic heterocycles. The zero-order valence-electron chi connectivity index (χ0n) is 11.2. The van der Waals surface area contributed by atoms with E-state index >= 15 is 0 Å². The molecule has 0 bridgehead atoms. The molecule has 0 unspecified atom stereocenters. The average molecular weight is 279 g/mol. The summed E-state index contributed by atoms with van der Waals surface area (Å²) in [4.78, 5) is 5.37. The standard InChI is InChI=1S/C13H17N3O2S/c1-16-12(14-9-15-16)8-19-11-6-4-10(5-7-11)13(17-2)18-3/h4-7,9,13H,8H2,1-3H3. The molecule has 102 valence electrons. The number of nitrogens with zero attached hydrogens (tertiary/aromatic N) is 3. The Balaban J connectivity index is 1.97. The van der Waals surface area contributed by atoms with Crippen molar-refractivity contribution in [2.75, 3.05) is 14.2 Å². The van der Waals surface area contributed by atoms with Gasteiger partial charge in [-0.3, -0.25) is 4.68 Å². The smallest absolute Gasteiger partial charge is 0.183 e. The molecule has 6 heteroatoms. The van der Waals surface area contributed by atoms with Crippen LogP contribution < -0.4 is 0 Å². The Labute approximate surface area is 116 Å². The number of hydrogen-bond acceptors (Lipinski definition) is 5. The number of ether oxygens (including phenoxy) is 2. The number of methoxy groups -OCH3 is 2. The summed E-state index contributed by atoms with van der Waals surface area (Å²) >= 11 is 1.72. The van der Waals surface area contributed by atoms with Crippen LogP contribution in [-0.2, 0) is 22.3 Å². The Morgan fingerprint density at radius 2 is 1.89 bits per heavy atom. The molecule has 0 spiro atoms. The van der Waals surface area contributed by atoms with Crippen LogP contribution in [0.4, 0.5) is 0 Å². The molecule has 0 fully saturated rings. The summed E-state index contributed by atoms with van der Waals surface area (Å²) in [7, 11) is 5.16. The molecule has 0 saturated carbocycles. The maximum atomic E-state index is 5.21. The number of benzene rings is 1. The van der Waals surface area contributed by atoms with E-state index in [-0.39, 0.29) is 6.29 Å². The fourth-order valence-electron chi connectivity index (χ4n) is 1.69. The fraction of sp³-hybridized carbons (Fsp3) is 0.385. The third kappa shape index (κ3) is 3.56. The molecule has 5 nitrogen and oxygen atoms in total. The number of aromatic nitrogens is 3. The molecule has 0 aliphatic rings. The highest BCUT2D eigenvalue weighted by molar-refractivity contribution is 7.98. The highest BCUT2D eigenvalue weighted by Gasteiger charge is 2.08. The summed E-state index contributed by atoms with van der Waals surface area (Å²) in [5.74, 6) is 1.76. The van der Waals surface area contributed by atoms with Crippen LogP contribution in [0.15, 0.2) is 35.5 Å². The van der Waals surface area contributed by atoms with Crippen LogP contribution >= 0.6 is 11.8 Å². The van der Waals surface area contributed by atoms with E-state index in [4.69, 9.17) is 9.47 Å². The molecule has 1 heterocycles. The molecule has 0 radical (unpaired) electrons. The van der Waals surface area contributed by atoms with Crippen molar-refractivity contribution in [3.63, 3.8) is 0 Å². The molecular formula is C13H17N3O2S. The lowest BCUT2D eigenvalue weighted by Crippen LogP contribution is -2.03. The van der Waals surface area contributed by atoms with E-state index < -0.39 is 0 Å². The van der Waals surface area contributed by atoms with E-state index in [0.29, 0.717) is 0 Å². The van der Waals surface area contributed by atoms with Crippen molar-refractivity contribution in [2.45, 2.75) is 16.9 Å². The van der Waals surface area contributed by atoms with Gasteiger partial charge < -0.3 is 9.47 Å². The Morgan fingerprint density at radius 3 is 2.42 bits per heavy atom. The number of thioether (sulfide) groups is 1. The van der Waals surface area contributed by atoms with Crippen LogP contribution in [0.3, 0.4) is 0 Å². The Kier molecular flexibility index (Phi) is 4.95. The average Bonchev–Trinajstić information content (AvgIpc) is 2.85. The normalized spacial score (nSPS) is 11.2. The molecule has 0 amide bonds. The minimum Gasteiger partial charge on any atom is -0.352 e. The van der Waals surface area contributed by atoms with Gasteiger partial charge in [0.05, 0.1) is 5.75 Å². The van der Waals surface area contributed by atoms with Gasteiger partial charge in [0.15, 0.2) is 6.29 Å². The molecule has 0 atom stereocenters. The largest absolute Gasteiger partial charge is 0.352 e. The summed E-state index contributed by atoms with van der Waals surface area (Å²) < 4.78 is 12.2. The Morgan fingerprint density at radius 1 is 1.21 bits per heavy atom. The van der Waals surface area contributed by atoms with E-state index in [1.807, 2.05) is 19.2 Å². The van der Waals surface area contributed by atoms with Crippen LogP contribution in [0, 0.1) is 0 Å². The van der Waals surface area contributed by atoms with Crippen LogP contribution in [0.1, 0.15) is 17.7 Å². The molecule has 0 saturated heterocycles. The molecule has 0 N–H and O–H groups in total. The first-order valence-corrected chi connectivity index (χ1v) is 6.84. The second kappa shape index (κ2) is 6.70. The van der Waals surface area contributed by atoms with Crippen molar-refractivity contribution in [2.24, 2.45) is 7.05 Å². The molecule has 2 rings (SSSR count). The minimum atomic E-state index is -0.308. The van der Waals surface area contributed by atoms with Gasteiger partial charge in [-0.1, -0.05) is 12.1 Å². The third-order valence-electron chi connectivity index (χ3n) is 2.75. The topological polar surface area (TPSA) is 49.2 Å². The SMILES string of the molecule is COC(OC)c1ccc(SCc2ncnn2C)cc1. The van der Waals surface area contributed by atoms with Crippen molar-refractivity contribution in [1.29, 1.82) is 0 Å². The first-order chi connectivity index (χ1) is 9.24. The minimum absolute atomic E-state index is 0.308. The second-order valence-electron chi connectivity index (χ2n) is 3.96. The van der Waals surface area contributed by atoms with Gasteiger partial charge >= 0.3 is 0 Å². The number of rotatable bonds is 6. The van der Waals surface area contributed by atoms with Crippen molar-refractivity contribution in [3.8, 4) is 0 Å². The monoisotopic (exact) mass is 279 g/mol. The van der Waals surface area contributed by atoms with E-state index in [1.165, 1.54) is 4.90 Å². The van der Waals surface area contributed by atoms with E-state index in [0.717, 1.165) is 17.1 Å². The molecule has 1 aromatic heterocycles. The van der Waals surface area contributed by atoms with Crippen LogP contribution in [0.5, 0.6) is 0 Å². The Hall–Kier alpha value is -1.37. The van der Waals surface area contributed by atoms with Gasteiger partial charge in [-0.2, -0.15) is 5.10 Å². The highest BCUT2D eigenvalue weighted by atomic mass is 32.2. The van der Waals surface area contributed by atoms with Gasteiger partial charge in [0, 0.05) is 31.7 Å². The van der Waals surface area contributed by atoms with Crippen LogP contribution in [-0.4, -0.2) is 29.0 Å². The van der Waals surface area contributed by atoms with Crippen LogP contribution in [0.2, 0.25) is 0 Å². The zero-order chi connectivity index (χ0) is 13.7. The zero-order valence-corrected chi connectivity index (χ0v) is 12.1. The Bertz CT molecular complexity index is 509. The van der Waals surface area contributed by atoms with Gasteiger partial charge in [0.25, 0.3) is 0 Å². The summed E-state index contributed by atoms with van der Waals surface area (Å²) in [5.41, 5.74) is 1.01. The van der Waals surface area contributed by atoms with Gasteiger partial charge in [0.2, 0.25) is 0 Å². The lowest BCUT2D eigenvalue weighted by Gasteiger charge is -2.13. The first-order valence-electron chi connectivity index (χ1n) is 5.86. The number of aryl methyl sites for hydroxylation is 1. The van der Waals surface area contributed by atoms with Gasteiger partial charge in [-0.15, -0.1) is 11.8 Å². The lowest BCUT2D eigenvalue weighted by atomic mass is 10.2. The van der Waals surface area contributed by atoms with Crippen LogP contribution in [0.25, 0.3) is 0 Å². The maximum Gasteiger partial charge on any atom is 0.183 e. The lowest BCUT2D eigenvalue weighted by molar-refractivity contribution is -0.106. The predicted molar refractivity (Wildman–Crippen MR) is 73.8 cm³/mol. The van der Waals surface area contributed by atoms with Crippen molar-refractivity contribution in [3.05, 3.63) is 42.0 Å². The summed E-state index contributed by atoms with van der Waals surface area (Å²) in [6.07, 6.45) is 1.26. The molecule has 0 aliphatic carbocycles.